The van der Waals surface area contributed by atoms with Crippen molar-refractivity contribution < 1.29 is 9.32 Å². The number of rotatable bonds is 5. The Morgan fingerprint density at radius 3 is 2.75 bits per heavy atom. The van der Waals surface area contributed by atoms with Crippen LogP contribution in [0.5, 0.6) is 0 Å². The Morgan fingerprint density at radius 2 is 2.03 bits per heavy atom. The largest absolute Gasteiger partial charge is 0.361 e. The number of carbonyl (C=O) groups excluding carboxylic acids is 1. The SMILES string of the molecule is CCc1noc(C)c1C(=O)N1CCCC[C@@H]1c1nc(N(C)C)ncc1-c1ccncc1C. The lowest BCUT2D eigenvalue weighted by Gasteiger charge is -2.36. The first-order chi connectivity index (χ1) is 15.4. The van der Waals surface area contributed by atoms with Crippen LogP contribution in [0.15, 0.2) is 29.2 Å². The van der Waals surface area contributed by atoms with Gasteiger partial charge in [-0.1, -0.05) is 12.1 Å². The second kappa shape index (κ2) is 9.06. The van der Waals surface area contributed by atoms with Crippen LogP contribution in [0, 0.1) is 13.8 Å². The molecule has 0 bridgehead atoms. The van der Waals surface area contributed by atoms with Crippen LogP contribution in [0.25, 0.3) is 11.1 Å². The van der Waals surface area contributed by atoms with E-state index in [4.69, 9.17) is 9.51 Å². The van der Waals surface area contributed by atoms with Crippen LogP contribution in [0.3, 0.4) is 0 Å². The number of nitrogens with zero attached hydrogens (tertiary/aromatic N) is 6. The molecule has 8 nitrogen and oxygen atoms in total. The van der Waals surface area contributed by atoms with Gasteiger partial charge >= 0.3 is 0 Å². The van der Waals surface area contributed by atoms with E-state index in [-0.39, 0.29) is 11.9 Å². The summed E-state index contributed by atoms with van der Waals surface area (Å²) in [5.41, 5.74) is 5.19. The standard InChI is InChI=1S/C24H30N6O2/c1-6-19-21(16(3)32-28-19)23(31)30-12-8-7-9-20(30)22-18(14-26-24(27-22)29(4)5)17-10-11-25-13-15(17)2/h10-11,13-14,20H,6-9,12H2,1-5H3/t20-/m1/s1. The summed E-state index contributed by atoms with van der Waals surface area (Å²) in [5.74, 6) is 1.16. The first kappa shape index (κ1) is 21.9. The summed E-state index contributed by atoms with van der Waals surface area (Å²) in [6.45, 7) is 6.50. The Bertz CT molecular complexity index is 1120. The molecule has 4 heterocycles. The number of piperidine rings is 1. The van der Waals surface area contributed by atoms with E-state index in [1.54, 1.807) is 13.1 Å². The summed E-state index contributed by atoms with van der Waals surface area (Å²) in [4.78, 5) is 31.3. The Hall–Kier alpha value is -3.29. The van der Waals surface area contributed by atoms with E-state index in [1.807, 2.05) is 56.2 Å². The van der Waals surface area contributed by atoms with E-state index >= 15 is 0 Å². The number of aryl methyl sites for hydroxylation is 3. The normalized spacial score (nSPS) is 16.3. The van der Waals surface area contributed by atoms with Crippen molar-refractivity contribution in [3.8, 4) is 11.1 Å². The summed E-state index contributed by atoms with van der Waals surface area (Å²) in [5, 5.41) is 4.10. The molecule has 0 N–H and O–H groups in total. The van der Waals surface area contributed by atoms with Gasteiger partial charge in [0.25, 0.3) is 5.91 Å². The Kier molecular flexibility index (Phi) is 6.21. The van der Waals surface area contributed by atoms with Gasteiger partial charge in [0, 0.05) is 44.8 Å². The fourth-order valence-electron chi connectivity index (χ4n) is 4.37. The number of hydrogen-bond acceptors (Lipinski definition) is 7. The first-order valence-corrected chi connectivity index (χ1v) is 11.1. The van der Waals surface area contributed by atoms with Gasteiger partial charge in [0.1, 0.15) is 11.3 Å². The molecule has 1 amide bonds. The lowest BCUT2D eigenvalue weighted by atomic mass is 9.92. The second-order valence-electron chi connectivity index (χ2n) is 8.48. The second-order valence-corrected chi connectivity index (χ2v) is 8.48. The summed E-state index contributed by atoms with van der Waals surface area (Å²) in [6, 6.07) is 1.83. The van der Waals surface area contributed by atoms with Crippen molar-refractivity contribution in [2.24, 2.45) is 0 Å². The van der Waals surface area contributed by atoms with Crippen molar-refractivity contribution in [1.29, 1.82) is 0 Å². The number of aromatic nitrogens is 4. The predicted molar refractivity (Wildman–Crippen MR) is 123 cm³/mol. The molecule has 32 heavy (non-hydrogen) atoms. The van der Waals surface area contributed by atoms with Crippen molar-refractivity contribution in [2.75, 3.05) is 25.5 Å². The number of hydrogen-bond donors (Lipinski definition) is 0. The monoisotopic (exact) mass is 434 g/mol. The minimum Gasteiger partial charge on any atom is -0.361 e. The highest BCUT2D eigenvalue weighted by molar-refractivity contribution is 5.96. The Morgan fingerprint density at radius 1 is 1.22 bits per heavy atom. The number of anilines is 1. The van der Waals surface area contributed by atoms with E-state index in [2.05, 4.69) is 15.1 Å². The van der Waals surface area contributed by atoms with E-state index in [9.17, 15) is 4.79 Å². The summed E-state index contributed by atoms with van der Waals surface area (Å²) in [7, 11) is 3.85. The molecule has 0 saturated carbocycles. The number of carbonyl (C=O) groups is 1. The summed E-state index contributed by atoms with van der Waals surface area (Å²) >= 11 is 0. The molecule has 3 aromatic rings. The van der Waals surface area contributed by atoms with E-state index in [0.29, 0.717) is 35.9 Å². The third-order valence-electron chi connectivity index (χ3n) is 6.08. The molecule has 1 fully saturated rings. The van der Waals surface area contributed by atoms with Gasteiger partial charge < -0.3 is 14.3 Å². The summed E-state index contributed by atoms with van der Waals surface area (Å²) in [6.07, 6.45) is 8.99. The van der Waals surface area contributed by atoms with Gasteiger partial charge in [-0.2, -0.15) is 0 Å². The van der Waals surface area contributed by atoms with Gasteiger partial charge in [0.05, 0.1) is 17.4 Å². The van der Waals surface area contributed by atoms with Crippen LogP contribution in [-0.2, 0) is 6.42 Å². The maximum atomic E-state index is 13.7. The zero-order valence-corrected chi connectivity index (χ0v) is 19.4. The van der Waals surface area contributed by atoms with Crippen LogP contribution in [0.1, 0.15) is 65.3 Å². The molecule has 1 aliphatic rings. The van der Waals surface area contributed by atoms with Gasteiger partial charge in [-0.05, 0) is 56.7 Å². The van der Waals surface area contributed by atoms with E-state index in [0.717, 1.165) is 41.6 Å². The topological polar surface area (TPSA) is 88.3 Å². The Labute approximate surface area is 188 Å². The van der Waals surface area contributed by atoms with Crippen molar-refractivity contribution in [2.45, 2.75) is 52.5 Å². The lowest BCUT2D eigenvalue weighted by Crippen LogP contribution is -2.39. The molecule has 0 aromatic carbocycles. The van der Waals surface area contributed by atoms with Crippen LogP contribution in [-0.4, -0.2) is 51.6 Å². The fraction of sp³-hybridized carbons (Fsp3) is 0.458. The van der Waals surface area contributed by atoms with Crippen LogP contribution in [0.4, 0.5) is 5.95 Å². The van der Waals surface area contributed by atoms with E-state index < -0.39 is 0 Å². The molecule has 4 rings (SSSR count). The molecule has 0 aliphatic carbocycles. The molecule has 1 aliphatic heterocycles. The molecular weight excluding hydrogens is 404 g/mol. The van der Waals surface area contributed by atoms with Gasteiger partial charge in [0.2, 0.25) is 5.95 Å². The van der Waals surface area contributed by atoms with Crippen molar-refractivity contribution in [1.82, 2.24) is 25.0 Å². The molecule has 8 heteroatoms. The van der Waals surface area contributed by atoms with Crippen LogP contribution >= 0.6 is 0 Å². The zero-order valence-electron chi connectivity index (χ0n) is 19.4. The van der Waals surface area contributed by atoms with Crippen molar-refractivity contribution in [3.63, 3.8) is 0 Å². The maximum Gasteiger partial charge on any atom is 0.259 e. The molecule has 3 aromatic heterocycles. The summed E-state index contributed by atoms with van der Waals surface area (Å²) < 4.78 is 5.36. The number of pyridine rings is 1. The third kappa shape index (κ3) is 3.97. The minimum absolute atomic E-state index is 0.0345. The molecule has 0 unspecified atom stereocenters. The molecular formula is C24H30N6O2. The van der Waals surface area contributed by atoms with Gasteiger partial charge in [0.15, 0.2) is 0 Å². The lowest BCUT2D eigenvalue weighted by molar-refractivity contribution is 0.0604. The van der Waals surface area contributed by atoms with Gasteiger partial charge in [-0.3, -0.25) is 9.78 Å². The number of amides is 1. The molecule has 168 valence electrons. The molecule has 0 spiro atoms. The molecule has 1 atom stereocenters. The zero-order chi connectivity index (χ0) is 22.8. The van der Waals surface area contributed by atoms with Crippen LogP contribution in [0.2, 0.25) is 0 Å². The van der Waals surface area contributed by atoms with Crippen LogP contribution < -0.4 is 4.90 Å². The van der Waals surface area contributed by atoms with E-state index in [1.165, 1.54) is 0 Å². The average molecular weight is 435 g/mol. The third-order valence-corrected chi connectivity index (χ3v) is 6.08. The van der Waals surface area contributed by atoms with Crippen molar-refractivity contribution in [3.05, 3.63) is 52.9 Å². The highest BCUT2D eigenvalue weighted by Gasteiger charge is 2.35. The predicted octanol–water partition coefficient (Wildman–Crippen LogP) is 4.14. The van der Waals surface area contributed by atoms with Crippen molar-refractivity contribution >= 4 is 11.9 Å². The smallest absolute Gasteiger partial charge is 0.259 e. The highest BCUT2D eigenvalue weighted by Crippen LogP contribution is 2.38. The molecule has 1 saturated heterocycles. The fourth-order valence-corrected chi connectivity index (χ4v) is 4.37. The average Bonchev–Trinajstić information content (AvgIpc) is 3.19. The van der Waals surface area contributed by atoms with Gasteiger partial charge in [-0.25, -0.2) is 9.97 Å². The quantitative estimate of drug-likeness (QED) is 0.596. The Balaban J connectivity index is 1.84. The minimum atomic E-state index is -0.153. The van der Waals surface area contributed by atoms with Gasteiger partial charge in [-0.15, -0.1) is 0 Å². The maximum absolute atomic E-state index is 13.7. The molecule has 0 radical (unpaired) electrons. The highest BCUT2D eigenvalue weighted by atomic mass is 16.5. The number of likely N-dealkylation sites (tertiary alicyclic amines) is 1. The first-order valence-electron chi connectivity index (χ1n) is 11.1.